The van der Waals surface area contributed by atoms with Crippen molar-refractivity contribution >= 4 is 0 Å². The Labute approximate surface area is 171 Å². The molecule has 9 heteroatoms. The van der Waals surface area contributed by atoms with E-state index in [1.807, 2.05) is 17.7 Å². The third-order valence-electron chi connectivity index (χ3n) is 5.33. The zero-order chi connectivity index (χ0) is 21.3. The number of imidazole rings is 1. The fourth-order valence-electron chi connectivity index (χ4n) is 3.55. The molecule has 7 nitrogen and oxygen atoms in total. The predicted molar refractivity (Wildman–Crippen MR) is 105 cm³/mol. The zero-order valence-corrected chi connectivity index (χ0v) is 16.4. The first-order chi connectivity index (χ1) is 14.4. The van der Waals surface area contributed by atoms with Crippen molar-refractivity contribution in [2.75, 3.05) is 0 Å². The van der Waals surface area contributed by atoms with Gasteiger partial charge in [0.1, 0.15) is 29.9 Å². The van der Waals surface area contributed by atoms with Crippen LogP contribution in [0.1, 0.15) is 24.1 Å². The number of pyridine rings is 1. The van der Waals surface area contributed by atoms with Gasteiger partial charge in [0.25, 0.3) is 0 Å². The normalized spacial score (nSPS) is 14.4. The van der Waals surface area contributed by atoms with Crippen LogP contribution in [-0.4, -0.2) is 34.4 Å². The summed E-state index contributed by atoms with van der Waals surface area (Å²) in [6.07, 6.45) is 7.86. The number of aryl methyl sites for hydroxylation is 1. The lowest BCUT2D eigenvalue weighted by molar-refractivity contribution is -0.0123. The summed E-state index contributed by atoms with van der Waals surface area (Å²) in [7, 11) is 1.88. The van der Waals surface area contributed by atoms with Gasteiger partial charge in [0.2, 0.25) is 0 Å². The van der Waals surface area contributed by atoms with Gasteiger partial charge in [-0.2, -0.15) is 5.10 Å². The van der Waals surface area contributed by atoms with Gasteiger partial charge < -0.3 is 9.67 Å². The van der Waals surface area contributed by atoms with Crippen LogP contribution in [0.4, 0.5) is 8.78 Å². The molecule has 1 aromatic carbocycles. The second-order valence-electron chi connectivity index (χ2n) is 7.22. The van der Waals surface area contributed by atoms with Crippen molar-refractivity contribution in [3.05, 3.63) is 84.6 Å². The Morgan fingerprint density at radius 1 is 1.10 bits per heavy atom. The minimum absolute atomic E-state index is 0.0376. The number of halogens is 2. The van der Waals surface area contributed by atoms with Crippen LogP contribution in [0.15, 0.2) is 61.7 Å². The standard InChI is InChI=1S/C21H20F2N6O/c1-14(19-6-3-15(8-26-19)20-9-24-12-28(20)2)21(30,10-29-13-25-11-27-29)17-5-4-16(22)7-18(17)23/h3-9,11-14,30H,10H2,1-2H3/t14-,21+/m1/s1. The molecule has 0 bridgehead atoms. The number of nitrogens with zero attached hydrogens (tertiary/aromatic N) is 6. The summed E-state index contributed by atoms with van der Waals surface area (Å²) in [5.74, 6) is -2.19. The van der Waals surface area contributed by atoms with Crippen molar-refractivity contribution < 1.29 is 13.9 Å². The average molecular weight is 410 g/mol. The molecular formula is C21H20F2N6O. The van der Waals surface area contributed by atoms with Gasteiger partial charge in [0.15, 0.2) is 0 Å². The predicted octanol–water partition coefficient (Wildman–Crippen LogP) is 3.04. The van der Waals surface area contributed by atoms with Gasteiger partial charge in [-0.15, -0.1) is 0 Å². The molecule has 2 atom stereocenters. The highest BCUT2D eigenvalue weighted by atomic mass is 19.1. The number of aromatic nitrogens is 6. The number of aliphatic hydroxyl groups is 1. The SMILES string of the molecule is C[C@H](c1ccc(-c2cncn2C)cn1)[C@@](O)(Cn1cncn1)c1ccc(F)cc1F. The largest absolute Gasteiger partial charge is 0.382 e. The van der Waals surface area contributed by atoms with Crippen molar-refractivity contribution in [3.63, 3.8) is 0 Å². The van der Waals surface area contributed by atoms with Crippen LogP contribution >= 0.6 is 0 Å². The Bertz CT molecular complexity index is 1140. The molecule has 0 unspecified atom stereocenters. The molecule has 0 saturated heterocycles. The fourth-order valence-corrected chi connectivity index (χ4v) is 3.55. The highest BCUT2D eigenvalue weighted by Crippen LogP contribution is 2.39. The van der Waals surface area contributed by atoms with E-state index in [4.69, 9.17) is 0 Å². The maximum atomic E-state index is 14.7. The third-order valence-corrected chi connectivity index (χ3v) is 5.33. The summed E-state index contributed by atoms with van der Waals surface area (Å²) in [6.45, 7) is 1.66. The van der Waals surface area contributed by atoms with Crippen LogP contribution < -0.4 is 0 Å². The quantitative estimate of drug-likeness (QED) is 0.528. The van der Waals surface area contributed by atoms with Gasteiger partial charge in [0, 0.05) is 42.0 Å². The van der Waals surface area contributed by atoms with Crippen LogP contribution in [0.25, 0.3) is 11.3 Å². The van der Waals surface area contributed by atoms with Crippen molar-refractivity contribution in [1.82, 2.24) is 29.3 Å². The van der Waals surface area contributed by atoms with E-state index < -0.39 is 23.2 Å². The molecule has 1 N–H and O–H groups in total. The number of rotatable bonds is 6. The van der Waals surface area contributed by atoms with Crippen LogP contribution in [0, 0.1) is 11.6 Å². The topological polar surface area (TPSA) is 81.6 Å². The minimum Gasteiger partial charge on any atom is -0.382 e. The number of hydrogen-bond donors (Lipinski definition) is 1. The summed E-state index contributed by atoms with van der Waals surface area (Å²) in [5, 5.41) is 15.7. The summed E-state index contributed by atoms with van der Waals surface area (Å²) < 4.78 is 31.4. The molecular weight excluding hydrogens is 390 g/mol. The van der Waals surface area contributed by atoms with E-state index in [2.05, 4.69) is 20.1 Å². The Kier molecular flexibility index (Phi) is 5.13. The van der Waals surface area contributed by atoms with Crippen molar-refractivity contribution in [2.45, 2.75) is 25.0 Å². The van der Waals surface area contributed by atoms with Gasteiger partial charge >= 0.3 is 0 Å². The number of hydrogen-bond acceptors (Lipinski definition) is 5. The van der Waals surface area contributed by atoms with Gasteiger partial charge in [0.05, 0.1) is 24.8 Å². The zero-order valence-electron chi connectivity index (χ0n) is 16.4. The second-order valence-corrected chi connectivity index (χ2v) is 7.22. The molecule has 4 aromatic rings. The molecule has 0 aliphatic carbocycles. The fraction of sp³-hybridized carbons (Fsp3) is 0.238. The van der Waals surface area contributed by atoms with Gasteiger partial charge in [-0.05, 0) is 18.2 Å². The minimum atomic E-state index is -1.74. The Hall–Kier alpha value is -3.46. The highest BCUT2D eigenvalue weighted by Gasteiger charge is 2.40. The lowest BCUT2D eigenvalue weighted by atomic mass is 9.79. The molecule has 0 amide bonds. The summed E-state index contributed by atoms with van der Waals surface area (Å²) in [5.41, 5.74) is 0.520. The molecule has 0 radical (unpaired) electrons. The number of benzene rings is 1. The summed E-state index contributed by atoms with van der Waals surface area (Å²) in [6, 6.07) is 6.78. The van der Waals surface area contributed by atoms with E-state index in [0.717, 1.165) is 23.4 Å². The second kappa shape index (κ2) is 7.75. The van der Waals surface area contributed by atoms with E-state index in [1.54, 1.807) is 31.7 Å². The lowest BCUT2D eigenvalue weighted by Gasteiger charge is -2.34. The molecule has 3 heterocycles. The Balaban J connectivity index is 1.74. The van der Waals surface area contributed by atoms with Crippen LogP contribution in [0.2, 0.25) is 0 Å². The highest BCUT2D eigenvalue weighted by molar-refractivity contribution is 5.57. The van der Waals surface area contributed by atoms with E-state index in [-0.39, 0.29) is 12.1 Å². The van der Waals surface area contributed by atoms with E-state index >= 15 is 0 Å². The van der Waals surface area contributed by atoms with Crippen molar-refractivity contribution in [3.8, 4) is 11.3 Å². The maximum absolute atomic E-state index is 14.7. The van der Waals surface area contributed by atoms with Gasteiger partial charge in [-0.25, -0.2) is 23.4 Å². The smallest absolute Gasteiger partial charge is 0.137 e. The van der Waals surface area contributed by atoms with E-state index in [9.17, 15) is 13.9 Å². The molecule has 30 heavy (non-hydrogen) atoms. The summed E-state index contributed by atoms with van der Waals surface area (Å²) in [4.78, 5) is 12.5. The molecule has 0 aliphatic heterocycles. The Morgan fingerprint density at radius 3 is 2.53 bits per heavy atom. The van der Waals surface area contributed by atoms with Crippen molar-refractivity contribution in [1.29, 1.82) is 0 Å². The van der Waals surface area contributed by atoms with Gasteiger partial charge in [-0.3, -0.25) is 4.98 Å². The molecule has 4 rings (SSSR count). The van der Waals surface area contributed by atoms with E-state index in [1.165, 1.54) is 23.4 Å². The average Bonchev–Trinajstić information content (AvgIpc) is 3.39. The molecule has 0 spiro atoms. The van der Waals surface area contributed by atoms with Gasteiger partial charge in [-0.1, -0.05) is 13.0 Å². The molecule has 154 valence electrons. The van der Waals surface area contributed by atoms with Crippen LogP contribution in [-0.2, 0) is 19.2 Å². The summed E-state index contributed by atoms with van der Waals surface area (Å²) >= 11 is 0. The van der Waals surface area contributed by atoms with Crippen LogP contribution in [0.5, 0.6) is 0 Å². The lowest BCUT2D eigenvalue weighted by Crippen LogP contribution is -2.38. The first kappa shape index (κ1) is 19.8. The monoisotopic (exact) mass is 410 g/mol. The molecule has 0 saturated carbocycles. The molecule has 0 fully saturated rings. The van der Waals surface area contributed by atoms with E-state index in [0.29, 0.717) is 5.69 Å². The first-order valence-electron chi connectivity index (χ1n) is 9.31. The van der Waals surface area contributed by atoms with Crippen LogP contribution in [0.3, 0.4) is 0 Å². The Morgan fingerprint density at radius 2 is 1.93 bits per heavy atom. The molecule has 0 aliphatic rings. The third kappa shape index (κ3) is 3.59. The first-order valence-corrected chi connectivity index (χ1v) is 9.31. The van der Waals surface area contributed by atoms with Crippen molar-refractivity contribution in [2.24, 2.45) is 7.05 Å². The maximum Gasteiger partial charge on any atom is 0.137 e. The molecule has 3 aromatic heterocycles.